The van der Waals surface area contributed by atoms with Crippen molar-refractivity contribution in [2.45, 2.75) is 6.42 Å². The number of imide groups is 1. The molecule has 0 bridgehead atoms. The van der Waals surface area contributed by atoms with Gasteiger partial charge in [0.15, 0.2) is 0 Å². The quantitative estimate of drug-likeness (QED) is 0.637. The lowest BCUT2D eigenvalue weighted by Crippen LogP contribution is -2.49. The minimum Gasteiger partial charge on any atom is -0.423 e. The Kier molecular flexibility index (Phi) is 3.32. The third-order valence-corrected chi connectivity index (χ3v) is 3.35. The number of hydrogen-bond donors (Lipinski definition) is 3. The zero-order valence-corrected chi connectivity index (χ0v) is 11.0. The van der Waals surface area contributed by atoms with E-state index >= 15 is 0 Å². The summed E-state index contributed by atoms with van der Waals surface area (Å²) in [6.07, 6.45) is 1.78. The number of aromatic nitrogens is 1. The molecule has 0 atom stereocenters. The summed E-state index contributed by atoms with van der Waals surface area (Å²) in [5, 5.41) is 21.3. The number of hydrogen-bond acceptors (Lipinski definition) is 5. The third-order valence-electron chi connectivity index (χ3n) is 3.35. The number of anilines is 1. The van der Waals surface area contributed by atoms with E-state index in [9.17, 15) is 19.6 Å². The van der Waals surface area contributed by atoms with Crippen molar-refractivity contribution in [1.29, 1.82) is 0 Å². The van der Waals surface area contributed by atoms with Crippen molar-refractivity contribution in [3.63, 3.8) is 0 Å². The molecule has 3 N–H and O–H groups in total. The Bertz CT molecular complexity index is 734. The third kappa shape index (κ3) is 2.58. The number of nitrogens with zero attached hydrogens (tertiary/aromatic N) is 2. The number of nitrogens with one attached hydrogen (secondary N) is 1. The Labute approximate surface area is 120 Å². The van der Waals surface area contributed by atoms with E-state index in [0.29, 0.717) is 28.6 Å². The largest absolute Gasteiger partial charge is 0.488 e. The molecule has 106 valence electrons. The van der Waals surface area contributed by atoms with Crippen LogP contribution in [0, 0.1) is 0 Å². The molecule has 0 spiro atoms. The van der Waals surface area contributed by atoms with Gasteiger partial charge in [0.1, 0.15) is 0 Å². The highest BCUT2D eigenvalue weighted by Gasteiger charge is 2.24. The van der Waals surface area contributed by atoms with E-state index in [0.717, 1.165) is 0 Å². The highest BCUT2D eigenvalue weighted by Crippen LogP contribution is 2.21. The summed E-state index contributed by atoms with van der Waals surface area (Å²) in [6, 6.07) is 6.10. The lowest BCUT2D eigenvalue weighted by Gasteiger charge is -2.26. The van der Waals surface area contributed by atoms with Crippen molar-refractivity contribution in [2.24, 2.45) is 0 Å². The maximum atomic E-state index is 11.8. The lowest BCUT2D eigenvalue weighted by molar-refractivity contribution is -0.120. The second-order valence-electron chi connectivity index (χ2n) is 4.77. The Morgan fingerprint density at radius 3 is 2.76 bits per heavy atom. The normalized spacial score (nSPS) is 15.2. The van der Waals surface area contributed by atoms with Crippen LogP contribution in [0.25, 0.3) is 10.9 Å². The molecule has 0 saturated carbocycles. The van der Waals surface area contributed by atoms with Gasteiger partial charge < -0.3 is 10.0 Å². The second-order valence-corrected chi connectivity index (χ2v) is 4.77. The number of benzene rings is 1. The molecular weight excluding hydrogens is 273 g/mol. The number of pyridine rings is 1. The highest BCUT2D eigenvalue weighted by molar-refractivity contribution is 6.58. The minimum absolute atomic E-state index is 0.235. The summed E-state index contributed by atoms with van der Waals surface area (Å²) in [4.78, 5) is 28.6. The van der Waals surface area contributed by atoms with Gasteiger partial charge in [-0.1, -0.05) is 12.1 Å². The predicted octanol–water partition coefficient (Wildman–Crippen LogP) is -0.639. The smallest absolute Gasteiger partial charge is 0.423 e. The number of amides is 3. The van der Waals surface area contributed by atoms with Gasteiger partial charge in [-0.3, -0.25) is 20.0 Å². The fourth-order valence-corrected chi connectivity index (χ4v) is 2.26. The molecule has 3 amide bonds. The van der Waals surface area contributed by atoms with Crippen molar-refractivity contribution in [2.75, 3.05) is 11.4 Å². The zero-order chi connectivity index (χ0) is 15.0. The topological polar surface area (TPSA) is 103 Å². The average molecular weight is 285 g/mol. The molecule has 1 aromatic heterocycles. The maximum absolute atomic E-state index is 11.8. The molecule has 1 saturated heterocycles. The number of rotatable bonds is 2. The molecule has 2 aromatic rings. The number of carbonyl (C=O) groups is 2. The highest BCUT2D eigenvalue weighted by atomic mass is 16.4. The van der Waals surface area contributed by atoms with Gasteiger partial charge in [0, 0.05) is 18.4 Å². The van der Waals surface area contributed by atoms with E-state index in [1.165, 1.54) is 4.90 Å². The van der Waals surface area contributed by atoms with Crippen molar-refractivity contribution >= 4 is 41.1 Å². The second kappa shape index (κ2) is 5.15. The van der Waals surface area contributed by atoms with Gasteiger partial charge in [-0.05, 0) is 17.6 Å². The summed E-state index contributed by atoms with van der Waals surface area (Å²) in [7, 11) is -1.56. The van der Waals surface area contributed by atoms with Crippen molar-refractivity contribution < 1.29 is 19.6 Å². The van der Waals surface area contributed by atoms with Crippen LogP contribution in [0.15, 0.2) is 30.5 Å². The molecule has 7 nitrogen and oxygen atoms in total. The first-order chi connectivity index (χ1) is 10.0. The molecule has 2 heterocycles. The predicted molar refractivity (Wildman–Crippen MR) is 77.1 cm³/mol. The van der Waals surface area contributed by atoms with E-state index in [4.69, 9.17) is 0 Å². The number of carbonyl (C=O) groups excluding carboxylic acids is 2. The van der Waals surface area contributed by atoms with Gasteiger partial charge >= 0.3 is 13.1 Å². The molecule has 3 rings (SSSR count). The van der Waals surface area contributed by atoms with Crippen molar-refractivity contribution in [3.8, 4) is 0 Å². The molecule has 1 aromatic carbocycles. The van der Waals surface area contributed by atoms with Crippen molar-refractivity contribution in [3.05, 3.63) is 30.5 Å². The Morgan fingerprint density at radius 1 is 1.24 bits per heavy atom. The molecule has 1 fully saturated rings. The summed E-state index contributed by atoms with van der Waals surface area (Å²) in [6.45, 7) is 0.292. The minimum atomic E-state index is -1.56. The fourth-order valence-electron chi connectivity index (χ4n) is 2.26. The first kappa shape index (κ1) is 13.5. The summed E-state index contributed by atoms with van der Waals surface area (Å²) in [5.41, 5.74) is 1.58. The summed E-state index contributed by atoms with van der Waals surface area (Å²) >= 11 is 0. The average Bonchev–Trinajstić information content (AvgIpc) is 2.46. The molecule has 0 radical (unpaired) electrons. The number of urea groups is 1. The summed E-state index contributed by atoms with van der Waals surface area (Å²) < 4.78 is 0. The van der Waals surface area contributed by atoms with Gasteiger partial charge in [0.05, 0.1) is 17.4 Å². The van der Waals surface area contributed by atoms with E-state index in [2.05, 4.69) is 10.3 Å². The van der Waals surface area contributed by atoms with E-state index in [-0.39, 0.29) is 12.3 Å². The van der Waals surface area contributed by atoms with Crippen LogP contribution in [-0.2, 0) is 4.79 Å². The molecular formula is C13H12BN3O4. The van der Waals surface area contributed by atoms with Gasteiger partial charge in [0.25, 0.3) is 0 Å². The van der Waals surface area contributed by atoms with Crippen LogP contribution in [0.5, 0.6) is 0 Å². The van der Waals surface area contributed by atoms with Crippen LogP contribution < -0.4 is 15.7 Å². The Hall–Kier alpha value is -2.45. The van der Waals surface area contributed by atoms with Gasteiger partial charge in [-0.15, -0.1) is 0 Å². The standard InChI is InChI=1S/C13H12BN3O4/c18-12-3-4-17(13(19)16-12)10-6-8-5-9(14(20)21)1-2-11(8)15-7-10/h1-2,5-7,20-21H,3-4H2,(H,16,18,19). The fraction of sp³-hybridized carbons (Fsp3) is 0.154. The molecule has 0 unspecified atom stereocenters. The van der Waals surface area contributed by atoms with E-state index < -0.39 is 13.1 Å². The monoisotopic (exact) mass is 285 g/mol. The first-order valence-corrected chi connectivity index (χ1v) is 6.42. The SMILES string of the molecule is O=C1CCN(c2cnc3ccc(B(O)O)cc3c2)C(=O)N1. The molecule has 1 aliphatic rings. The van der Waals surface area contributed by atoms with Crippen LogP contribution in [-0.4, -0.2) is 40.6 Å². The maximum Gasteiger partial charge on any atom is 0.488 e. The van der Waals surface area contributed by atoms with Crippen LogP contribution >= 0.6 is 0 Å². The molecule has 8 heteroatoms. The Balaban J connectivity index is 1.99. The van der Waals surface area contributed by atoms with Crippen molar-refractivity contribution in [1.82, 2.24) is 10.3 Å². The van der Waals surface area contributed by atoms with Gasteiger partial charge in [-0.2, -0.15) is 0 Å². The first-order valence-electron chi connectivity index (χ1n) is 6.42. The van der Waals surface area contributed by atoms with Gasteiger partial charge in [-0.25, -0.2) is 4.79 Å². The van der Waals surface area contributed by atoms with Gasteiger partial charge in [0.2, 0.25) is 5.91 Å². The zero-order valence-electron chi connectivity index (χ0n) is 11.0. The van der Waals surface area contributed by atoms with E-state index in [1.54, 1.807) is 30.5 Å². The van der Waals surface area contributed by atoms with Crippen LogP contribution in [0.4, 0.5) is 10.5 Å². The molecule has 0 aliphatic carbocycles. The summed E-state index contributed by atoms with van der Waals surface area (Å²) in [5.74, 6) is -0.296. The van der Waals surface area contributed by atoms with E-state index in [1.807, 2.05) is 0 Å². The van der Waals surface area contributed by atoms with Crippen LogP contribution in [0.1, 0.15) is 6.42 Å². The Morgan fingerprint density at radius 2 is 2.05 bits per heavy atom. The van der Waals surface area contributed by atoms with Crippen LogP contribution in [0.2, 0.25) is 0 Å². The lowest BCUT2D eigenvalue weighted by atomic mass is 9.80. The van der Waals surface area contributed by atoms with Crippen LogP contribution in [0.3, 0.4) is 0 Å². The number of fused-ring (bicyclic) bond motifs is 1. The molecule has 1 aliphatic heterocycles. The molecule has 21 heavy (non-hydrogen) atoms.